The Morgan fingerprint density at radius 2 is 2.19 bits per heavy atom. The lowest BCUT2D eigenvalue weighted by Gasteiger charge is -2.04. The van der Waals surface area contributed by atoms with Crippen LogP contribution in [0.1, 0.15) is 10.4 Å². The molecule has 4 nitrogen and oxygen atoms in total. The standard InChI is InChI=1S/C10H7Br2N3O/c11-7-1-2-8(9(12)3-7)10(16)4-15-6-13-5-14-15/h1-3,5-6H,4H2. The minimum absolute atomic E-state index is 0.00937. The number of ketones is 1. The normalized spacial score (nSPS) is 10.4. The van der Waals surface area contributed by atoms with Crippen LogP contribution in [0, 0.1) is 0 Å². The average molecular weight is 345 g/mol. The summed E-state index contributed by atoms with van der Waals surface area (Å²) in [6.07, 6.45) is 2.93. The molecule has 0 unspecified atom stereocenters. The third-order valence-electron chi connectivity index (χ3n) is 2.00. The lowest BCUT2D eigenvalue weighted by molar-refractivity contribution is 0.0967. The van der Waals surface area contributed by atoms with E-state index in [9.17, 15) is 4.79 Å². The number of carbonyl (C=O) groups is 1. The maximum Gasteiger partial charge on any atom is 0.185 e. The first-order valence-corrected chi connectivity index (χ1v) is 6.06. The van der Waals surface area contributed by atoms with Crippen molar-refractivity contribution in [2.24, 2.45) is 0 Å². The number of aromatic nitrogens is 3. The summed E-state index contributed by atoms with van der Waals surface area (Å²) in [6, 6.07) is 5.45. The summed E-state index contributed by atoms with van der Waals surface area (Å²) in [5.74, 6) is -0.00937. The number of carbonyl (C=O) groups excluding carboxylic acids is 1. The van der Waals surface area contributed by atoms with Gasteiger partial charge in [-0.3, -0.25) is 4.79 Å². The highest BCUT2D eigenvalue weighted by Gasteiger charge is 2.11. The van der Waals surface area contributed by atoms with E-state index in [-0.39, 0.29) is 12.3 Å². The molecule has 1 heterocycles. The maximum atomic E-state index is 11.9. The average Bonchev–Trinajstić information content (AvgIpc) is 2.70. The minimum Gasteiger partial charge on any atom is -0.292 e. The van der Waals surface area contributed by atoms with E-state index in [1.54, 1.807) is 6.07 Å². The van der Waals surface area contributed by atoms with Crippen LogP contribution in [0.2, 0.25) is 0 Å². The minimum atomic E-state index is -0.00937. The molecule has 0 saturated heterocycles. The molecule has 0 spiro atoms. The molecule has 2 aromatic rings. The van der Waals surface area contributed by atoms with Crippen LogP contribution in [0.5, 0.6) is 0 Å². The fourth-order valence-corrected chi connectivity index (χ4v) is 2.53. The highest BCUT2D eigenvalue weighted by Crippen LogP contribution is 2.22. The van der Waals surface area contributed by atoms with Crippen molar-refractivity contribution >= 4 is 37.6 Å². The molecule has 0 aliphatic carbocycles. The van der Waals surface area contributed by atoms with Crippen molar-refractivity contribution in [3.63, 3.8) is 0 Å². The Hall–Kier alpha value is -1.01. The second kappa shape index (κ2) is 4.88. The van der Waals surface area contributed by atoms with Crippen LogP contribution < -0.4 is 0 Å². The SMILES string of the molecule is O=C(Cn1cncn1)c1ccc(Br)cc1Br. The Bertz CT molecular complexity index is 511. The predicted octanol–water partition coefficient (Wildman–Crippen LogP) is 2.69. The lowest BCUT2D eigenvalue weighted by Crippen LogP contribution is -2.11. The Kier molecular flexibility index (Phi) is 3.50. The van der Waals surface area contributed by atoms with Crippen molar-refractivity contribution in [1.82, 2.24) is 14.8 Å². The Labute approximate surface area is 109 Å². The van der Waals surface area contributed by atoms with Crippen molar-refractivity contribution in [2.75, 3.05) is 0 Å². The van der Waals surface area contributed by atoms with Gasteiger partial charge in [0.15, 0.2) is 5.78 Å². The zero-order chi connectivity index (χ0) is 11.5. The fraction of sp³-hybridized carbons (Fsp3) is 0.100. The quantitative estimate of drug-likeness (QED) is 0.804. The summed E-state index contributed by atoms with van der Waals surface area (Å²) in [4.78, 5) is 15.7. The second-order valence-corrected chi connectivity index (χ2v) is 4.91. The Morgan fingerprint density at radius 1 is 1.38 bits per heavy atom. The molecule has 1 aromatic heterocycles. The van der Waals surface area contributed by atoms with Crippen LogP contribution in [-0.2, 0) is 6.54 Å². The maximum absolute atomic E-state index is 11.9. The van der Waals surface area contributed by atoms with Crippen LogP contribution in [-0.4, -0.2) is 20.5 Å². The molecule has 2 rings (SSSR count). The van der Waals surface area contributed by atoms with E-state index in [1.807, 2.05) is 12.1 Å². The first-order valence-electron chi connectivity index (χ1n) is 4.47. The van der Waals surface area contributed by atoms with Gasteiger partial charge in [-0.1, -0.05) is 31.9 Å². The van der Waals surface area contributed by atoms with E-state index in [1.165, 1.54) is 17.3 Å². The number of hydrogen-bond donors (Lipinski definition) is 0. The van der Waals surface area contributed by atoms with Gasteiger partial charge in [-0.25, -0.2) is 9.67 Å². The molecular formula is C10H7Br2N3O. The lowest BCUT2D eigenvalue weighted by atomic mass is 10.1. The summed E-state index contributed by atoms with van der Waals surface area (Å²) in [5.41, 5.74) is 0.638. The van der Waals surface area contributed by atoms with Crippen LogP contribution in [0.3, 0.4) is 0 Å². The largest absolute Gasteiger partial charge is 0.292 e. The number of rotatable bonds is 3. The molecule has 0 bridgehead atoms. The predicted molar refractivity (Wildman–Crippen MR) is 66.2 cm³/mol. The van der Waals surface area contributed by atoms with Gasteiger partial charge in [0.2, 0.25) is 0 Å². The van der Waals surface area contributed by atoms with E-state index < -0.39 is 0 Å². The number of halogens is 2. The molecule has 0 aliphatic rings. The van der Waals surface area contributed by atoms with Gasteiger partial charge in [0.1, 0.15) is 19.2 Å². The molecule has 0 saturated carbocycles. The zero-order valence-corrected chi connectivity index (χ0v) is 11.3. The number of hydrogen-bond acceptors (Lipinski definition) is 3. The van der Waals surface area contributed by atoms with Gasteiger partial charge in [-0.2, -0.15) is 5.10 Å². The van der Waals surface area contributed by atoms with Crippen LogP contribution in [0.4, 0.5) is 0 Å². The summed E-state index contributed by atoms with van der Waals surface area (Å²) in [5, 5.41) is 3.89. The van der Waals surface area contributed by atoms with Crippen LogP contribution in [0.25, 0.3) is 0 Å². The molecule has 0 atom stereocenters. The first-order chi connectivity index (χ1) is 7.66. The molecule has 0 aliphatic heterocycles. The van der Waals surface area contributed by atoms with Gasteiger partial charge in [0.05, 0.1) is 0 Å². The zero-order valence-electron chi connectivity index (χ0n) is 8.10. The van der Waals surface area contributed by atoms with Crippen molar-refractivity contribution in [2.45, 2.75) is 6.54 Å². The molecule has 0 radical (unpaired) electrons. The van der Waals surface area contributed by atoms with Gasteiger partial charge in [-0.15, -0.1) is 0 Å². The first kappa shape index (κ1) is 11.5. The van der Waals surface area contributed by atoms with Gasteiger partial charge in [0.25, 0.3) is 0 Å². The van der Waals surface area contributed by atoms with Crippen molar-refractivity contribution in [1.29, 1.82) is 0 Å². The third-order valence-corrected chi connectivity index (χ3v) is 3.15. The highest BCUT2D eigenvalue weighted by molar-refractivity contribution is 9.11. The van der Waals surface area contributed by atoms with Gasteiger partial charge in [0, 0.05) is 14.5 Å². The highest BCUT2D eigenvalue weighted by atomic mass is 79.9. The van der Waals surface area contributed by atoms with Crippen molar-refractivity contribution < 1.29 is 4.79 Å². The van der Waals surface area contributed by atoms with Crippen LogP contribution >= 0.6 is 31.9 Å². The number of Topliss-reactive ketones (excluding diaryl/α,β-unsaturated/α-hetero) is 1. The van der Waals surface area contributed by atoms with E-state index in [0.717, 1.165) is 8.95 Å². The molecule has 16 heavy (non-hydrogen) atoms. The molecule has 0 fully saturated rings. The van der Waals surface area contributed by atoms with Crippen molar-refractivity contribution in [3.05, 3.63) is 45.4 Å². The monoisotopic (exact) mass is 343 g/mol. The second-order valence-electron chi connectivity index (χ2n) is 3.14. The smallest absolute Gasteiger partial charge is 0.185 e. The molecule has 0 amide bonds. The van der Waals surface area contributed by atoms with Gasteiger partial charge in [-0.05, 0) is 18.2 Å². The molecular weight excluding hydrogens is 338 g/mol. The van der Waals surface area contributed by atoms with E-state index >= 15 is 0 Å². The Morgan fingerprint density at radius 3 is 2.81 bits per heavy atom. The molecule has 0 N–H and O–H groups in total. The van der Waals surface area contributed by atoms with Crippen molar-refractivity contribution in [3.8, 4) is 0 Å². The third kappa shape index (κ3) is 2.56. The summed E-state index contributed by atoms with van der Waals surface area (Å²) in [6.45, 7) is 0.195. The van der Waals surface area contributed by atoms with Gasteiger partial charge >= 0.3 is 0 Å². The molecule has 1 aromatic carbocycles. The topological polar surface area (TPSA) is 47.8 Å². The van der Waals surface area contributed by atoms with E-state index in [2.05, 4.69) is 41.9 Å². The number of nitrogens with zero attached hydrogens (tertiary/aromatic N) is 3. The summed E-state index contributed by atoms with van der Waals surface area (Å²) < 4.78 is 3.19. The summed E-state index contributed by atoms with van der Waals surface area (Å²) in [7, 11) is 0. The summed E-state index contributed by atoms with van der Waals surface area (Å²) >= 11 is 6.69. The molecule has 82 valence electrons. The number of benzene rings is 1. The van der Waals surface area contributed by atoms with E-state index in [4.69, 9.17) is 0 Å². The van der Waals surface area contributed by atoms with Gasteiger partial charge < -0.3 is 0 Å². The van der Waals surface area contributed by atoms with E-state index in [0.29, 0.717) is 5.56 Å². The Balaban J connectivity index is 2.21. The fourth-order valence-electron chi connectivity index (χ4n) is 1.26. The molecule has 6 heteroatoms. The van der Waals surface area contributed by atoms with Crippen LogP contribution in [0.15, 0.2) is 39.8 Å².